The molecule has 2 rings (SSSR count). The summed E-state index contributed by atoms with van der Waals surface area (Å²) in [5, 5.41) is 37.3. The van der Waals surface area contributed by atoms with Crippen LogP contribution in [0.25, 0.3) is 0 Å². The van der Waals surface area contributed by atoms with Crippen LogP contribution in [0.1, 0.15) is 12.0 Å². The number of aliphatic hydroxyl groups is 1. The lowest BCUT2D eigenvalue weighted by Gasteiger charge is -2.05. The van der Waals surface area contributed by atoms with E-state index in [0.29, 0.717) is 13.0 Å². The summed E-state index contributed by atoms with van der Waals surface area (Å²) in [7, 11) is 0. The summed E-state index contributed by atoms with van der Waals surface area (Å²) in [6.07, 6.45) is 0.122. The molecule has 1 aromatic carbocycles. The van der Waals surface area contributed by atoms with Gasteiger partial charge in [-0.2, -0.15) is 0 Å². The van der Waals surface area contributed by atoms with Crippen LogP contribution < -0.4 is 11.1 Å². The van der Waals surface area contributed by atoms with Gasteiger partial charge < -0.3 is 31.5 Å². The molecule has 0 aliphatic carbocycles. The number of benzene rings is 1. The Morgan fingerprint density at radius 2 is 1.86 bits per heavy atom. The highest BCUT2D eigenvalue weighted by Crippen LogP contribution is 2.10. The van der Waals surface area contributed by atoms with Gasteiger partial charge in [0.25, 0.3) is 0 Å². The van der Waals surface area contributed by atoms with Crippen molar-refractivity contribution in [2.45, 2.75) is 31.0 Å². The fourth-order valence-electron chi connectivity index (χ4n) is 1.88. The first-order valence-electron chi connectivity index (χ1n) is 6.70. The topological polar surface area (TPSA) is 153 Å². The largest absolute Gasteiger partial charge is 0.508 e. The lowest BCUT2D eigenvalue weighted by Crippen LogP contribution is -2.32. The van der Waals surface area contributed by atoms with Crippen molar-refractivity contribution in [3.63, 3.8) is 0 Å². The third-order valence-electron chi connectivity index (χ3n) is 3.11. The van der Waals surface area contributed by atoms with E-state index in [1.54, 1.807) is 12.1 Å². The average molecular weight is 312 g/mol. The maximum atomic E-state index is 10.4. The van der Waals surface area contributed by atoms with Gasteiger partial charge in [0.15, 0.2) is 0 Å². The molecular weight excluding hydrogens is 292 g/mol. The number of aliphatic carboxylic acids is 2. The van der Waals surface area contributed by atoms with Crippen LogP contribution in [0.2, 0.25) is 0 Å². The van der Waals surface area contributed by atoms with E-state index in [2.05, 4.69) is 5.32 Å². The van der Waals surface area contributed by atoms with E-state index < -0.39 is 30.1 Å². The summed E-state index contributed by atoms with van der Waals surface area (Å²) in [5.74, 6) is -1.74. The van der Waals surface area contributed by atoms with Crippen LogP contribution >= 0.6 is 0 Å². The first-order valence-corrected chi connectivity index (χ1v) is 6.70. The second-order valence-corrected chi connectivity index (χ2v) is 5.00. The molecule has 8 heteroatoms. The lowest BCUT2D eigenvalue weighted by atomic mass is 10.1. The van der Waals surface area contributed by atoms with E-state index in [-0.39, 0.29) is 12.2 Å². The molecule has 22 heavy (non-hydrogen) atoms. The van der Waals surface area contributed by atoms with Gasteiger partial charge in [-0.15, -0.1) is 0 Å². The monoisotopic (exact) mass is 312 g/mol. The predicted molar refractivity (Wildman–Crippen MR) is 77.5 cm³/mol. The summed E-state index contributed by atoms with van der Waals surface area (Å²) < 4.78 is 0. The minimum atomic E-state index is -1.02. The average Bonchev–Trinajstić information content (AvgIpc) is 2.89. The highest BCUT2D eigenvalue weighted by molar-refractivity contribution is 5.74. The standard InChI is InChI=1S/C9H11NO3.C5H9NO3/c10-8(9(12)13)5-6-1-3-7(11)4-2-6;7-3-1-4(5(8)9)6-2-3/h1-4,8,11H,5,10H2,(H,12,13);3-4,6-7H,1-2H2,(H,8,9)/t;3-,4+/m.1/s1. The number of hydrogen-bond donors (Lipinski definition) is 6. The van der Waals surface area contributed by atoms with E-state index in [9.17, 15) is 9.59 Å². The number of β-amino-alcohol motifs (C(OH)–C–C–N with tert-alkyl or cyclic N) is 1. The zero-order valence-corrected chi connectivity index (χ0v) is 11.8. The Morgan fingerprint density at radius 3 is 2.23 bits per heavy atom. The molecule has 1 aromatic rings. The summed E-state index contributed by atoms with van der Waals surface area (Å²) in [6, 6.07) is 4.88. The Labute approximate surface area is 127 Å². The van der Waals surface area contributed by atoms with E-state index in [0.717, 1.165) is 5.56 Å². The minimum absolute atomic E-state index is 0.160. The number of nitrogens with two attached hydrogens (primary N) is 1. The Bertz CT molecular complexity index is 505. The summed E-state index contributed by atoms with van der Waals surface area (Å²) in [4.78, 5) is 20.6. The highest BCUT2D eigenvalue weighted by atomic mass is 16.4. The van der Waals surface area contributed by atoms with Crippen molar-refractivity contribution in [2.75, 3.05) is 6.54 Å². The number of phenolic OH excluding ortho intramolecular Hbond substituents is 1. The van der Waals surface area contributed by atoms with Crippen LogP contribution in [0.15, 0.2) is 24.3 Å². The number of carbonyl (C=O) groups is 2. The number of carboxylic acid groups (broad SMARTS) is 2. The molecule has 0 saturated carbocycles. The molecule has 122 valence electrons. The number of carboxylic acids is 2. The SMILES string of the molecule is NC(Cc1ccc(O)cc1)C(=O)O.O=C(O)[C@@H]1C[C@@H](O)CN1. The minimum Gasteiger partial charge on any atom is -0.508 e. The molecule has 7 N–H and O–H groups in total. The molecule has 1 aliphatic heterocycles. The fourth-order valence-corrected chi connectivity index (χ4v) is 1.88. The first kappa shape index (κ1) is 17.9. The summed E-state index contributed by atoms with van der Waals surface area (Å²) in [6.45, 7) is 0.400. The second-order valence-electron chi connectivity index (χ2n) is 5.00. The van der Waals surface area contributed by atoms with Gasteiger partial charge in [-0.25, -0.2) is 0 Å². The van der Waals surface area contributed by atoms with Crippen LogP contribution in [0.5, 0.6) is 5.75 Å². The molecule has 1 aliphatic rings. The van der Waals surface area contributed by atoms with Gasteiger partial charge in [0.05, 0.1) is 6.10 Å². The zero-order chi connectivity index (χ0) is 16.7. The van der Waals surface area contributed by atoms with Gasteiger partial charge in [-0.3, -0.25) is 9.59 Å². The van der Waals surface area contributed by atoms with E-state index in [4.69, 9.17) is 26.2 Å². The highest BCUT2D eigenvalue weighted by Gasteiger charge is 2.27. The van der Waals surface area contributed by atoms with E-state index in [1.807, 2.05) is 0 Å². The molecule has 0 spiro atoms. The first-order chi connectivity index (χ1) is 10.3. The van der Waals surface area contributed by atoms with Gasteiger partial charge in [-0.05, 0) is 24.1 Å². The van der Waals surface area contributed by atoms with Gasteiger partial charge in [0.2, 0.25) is 0 Å². The van der Waals surface area contributed by atoms with Crippen LogP contribution in [0.3, 0.4) is 0 Å². The van der Waals surface area contributed by atoms with Crippen molar-refractivity contribution in [3.8, 4) is 5.75 Å². The van der Waals surface area contributed by atoms with Crippen molar-refractivity contribution in [1.29, 1.82) is 0 Å². The molecule has 0 radical (unpaired) electrons. The van der Waals surface area contributed by atoms with E-state index in [1.165, 1.54) is 12.1 Å². The fraction of sp³-hybridized carbons (Fsp3) is 0.429. The molecule has 3 atom stereocenters. The molecule has 1 fully saturated rings. The Hall–Kier alpha value is -2.16. The molecule has 0 amide bonds. The molecule has 0 bridgehead atoms. The Balaban J connectivity index is 0.000000235. The Kier molecular flexibility index (Phi) is 6.77. The van der Waals surface area contributed by atoms with Gasteiger partial charge in [0, 0.05) is 13.0 Å². The number of hydrogen-bond acceptors (Lipinski definition) is 6. The molecular formula is C14H20N2O6. The van der Waals surface area contributed by atoms with Crippen LogP contribution in [0, 0.1) is 0 Å². The third kappa shape index (κ3) is 6.08. The molecule has 0 aromatic heterocycles. The number of phenols is 1. The number of rotatable bonds is 4. The summed E-state index contributed by atoms with van der Waals surface area (Å²) >= 11 is 0. The van der Waals surface area contributed by atoms with Crippen molar-refractivity contribution in [1.82, 2.24) is 5.32 Å². The summed E-state index contributed by atoms with van der Waals surface area (Å²) in [5.41, 5.74) is 6.12. The number of aliphatic hydroxyl groups excluding tert-OH is 1. The lowest BCUT2D eigenvalue weighted by molar-refractivity contribution is -0.139. The maximum Gasteiger partial charge on any atom is 0.320 e. The van der Waals surface area contributed by atoms with Crippen molar-refractivity contribution in [3.05, 3.63) is 29.8 Å². The van der Waals surface area contributed by atoms with Crippen molar-refractivity contribution < 1.29 is 30.0 Å². The molecule has 1 saturated heterocycles. The third-order valence-corrected chi connectivity index (χ3v) is 3.11. The predicted octanol–water partition coefficient (Wildman–Crippen LogP) is -0.860. The molecule has 1 unspecified atom stereocenters. The molecule has 1 heterocycles. The van der Waals surface area contributed by atoms with E-state index >= 15 is 0 Å². The van der Waals surface area contributed by atoms with Gasteiger partial charge in [-0.1, -0.05) is 12.1 Å². The number of nitrogens with one attached hydrogen (secondary N) is 1. The second kappa shape index (κ2) is 8.32. The quantitative estimate of drug-likeness (QED) is 0.420. The van der Waals surface area contributed by atoms with Gasteiger partial charge >= 0.3 is 11.9 Å². The number of aromatic hydroxyl groups is 1. The van der Waals surface area contributed by atoms with Crippen LogP contribution in [-0.4, -0.2) is 57.1 Å². The van der Waals surface area contributed by atoms with Crippen LogP contribution in [0.4, 0.5) is 0 Å². The van der Waals surface area contributed by atoms with Crippen molar-refractivity contribution >= 4 is 11.9 Å². The Morgan fingerprint density at radius 1 is 1.27 bits per heavy atom. The smallest absolute Gasteiger partial charge is 0.320 e. The zero-order valence-electron chi connectivity index (χ0n) is 11.8. The molecule has 8 nitrogen and oxygen atoms in total. The van der Waals surface area contributed by atoms with Gasteiger partial charge in [0.1, 0.15) is 17.8 Å². The normalized spacial score (nSPS) is 21.5. The van der Waals surface area contributed by atoms with Crippen molar-refractivity contribution in [2.24, 2.45) is 5.73 Å². The van der Waals surface area contributed by atoms with Crippen LogP contribution in [-0.2, 0) is 16.0 Å². The maximum absolute atomic E-state index is 10.4.